The van der Waals surface area contributed by atoms with Crippen molar-refractivity contribution in [1.29, 1.82) is 0 Å². The van der Waals surface area contributed by atoms with Gasteiger partial charge in [0.1, 0.15) is 18.0 Å². The summed E-state index contributed by atoms with van der Waals surface area (Å²) in [4.78, 5) is 4.15. The number of aromatic nitrogens is 3. The Bertz CT molecular complexity index is 527. The zero-order valence-corrected chi connectivity index (χ0v) is 10.8. The van der Waals surface area contributed by atoms with E-state index in [4.69, 9.17) is 11.6 Å². The fourth-order valence-corrected chi connectivity index (χ4v) is 1.81. The predicted octanol–water partition coefficient (Wildman–Crippen LogP) is 2.23. The van der Waals surface area contributed by atoms with Gasteiger partial charge in [-0.1, -0.05) is 30.7 Å². The van der Waals surface area contributed by atoms with Gasteiger partial charge in [0.25, 0.3) is 0 Å². The normalized spacial score (nSPS) is 10.8. The minimum atomic E-state index is -0.414. The fourth-order valence-electron chi connectivity index (χ4n) is 1.63. The highest BCUT2D eigenvalue weighted by molar-refractivity contribution is 6.31. The Morgan fingerprint density at radius 3 is 3.06 bits per heavy atom. The van der Waals surface area contributed by atoms with Crippen LogP contribution in [0.15, 0.2) is 24.5 Å². The van der Waals surface area contributed by atoms with Crippen LogP contribution in [0.25, 0.3) is 0 Å². The predicted molar refractivity (Wildman–Crippen MR) is 67.9 cm³/mol. The summed E-state index contributed by atoms with van der Waals surface area (Å²) in [6, 6.07) is 4.76. The van der Waals surface area contributed by atoms with Crippen LogP contribution in [0.2, 0.25) is 5.02 Å². The molecule has 0 aliphatic carbocycles. The molecular formula is C12H14ClFN4. The summed E-state index contributed by atoms with van der Waals surface area (Å²) in [5, 5.41) is 7.43. The molecule has 4 nitrogen and oxygen atoms in total. The first-order valence-corrected chi connectivity index (χ1v) is 6.10. The molecule has 0 unspecified atom stereocenters. The summed E-state index contributed by atoms with van der Waals surface area (Å²) >= 11 is 5.91. The van der Waals surface area contributed by atoms with Crippen LogP contribution < -0.4 is 5.32 Å². The zero-order chi connectivity index (χ0) is 13.0. The van der Waals surface area contributed by atoms with Crippen molar-refractivity contribution in [3.63, 3.8) is 0 Å². The molecule has 0 radical (unpaired) electrons. The molecule has 0 atom stereocenters. The lowest BCUT2D eigenvalue weighted by atomic mass is 10.2. The van der Waals surface area contributed by atoms with Crippen molar-refractivity contribution in [3.8, 4) is 0 Å². The average Bonchev–Trinajstić information content (AvgIpc) is 2.80. The van der Waals surface area contributed by atoms with E-state index in [1.165, 1.54) is 12.4 Å². The Morgan fingerprint density at radius 1 is 1.44 bits per heavy atom. The van der Waals surface area contributed by atoms with E-state index in [2.05, 4.69) is 15.4 Å². The van der Waals surface area contributed by atoms with Gasteiger partial charge in [-0.25, -0.2) is 14.1 Å². The number of hydrogen-bond donors (Lipinski definition) is 1. The van der Waals surface area contributed by atoms with Crippen LogP contribution in [-0.2, 0) is 13.1 Å². The fraction of sp³-hybridized carbons (Fsp3) is 0.333. The summed E-state index contributed by atoms with van der Waals surface area (Å²) in [5.41, 5.74) is 0.694. The zero-order valence-electron chi connectivity index (χ0n) is 10.0. The second-order valence-corrected chi connectivity index (χ2v) is 4.21. The summed E-state index contributed by atoms with van der Waals surface area (Å²) in [6.45, 7) is 3.92. The molecule has 1 N–H and O–H groups in total. The quantitative estimate of drug-likeness (QED) is 0.904. The van der Waals surface area contributed by atoms with Gasteiger partial charge in [0.05, 0.1) is 18.1 Å². The summed E-state index contributed by atoms with van der Waals surface area (Å²) < 4.78 is 15.0. The molecule has 0 saturated heterocycles. The van der Waals surface area contributed by atoms with E-state index in [9.17, 15) is 4.39 Å². The van der Waals surface area contributed by atoms with Gasteiger partial charge < -0.3 is 5.32 Å². The van der Waals surface area contributed by atoms with Crippen molar-refractivity contribution < 1.29 is 4.39 Å². The van der Waals surface area contributed by atoms with Gasteiger partial charge in [0.15, 0.2) is 0 Å². The lowest BCUT2D eigenvalue weighted by Gasteiger charge is -2.08. The molecule has 2 rings (SSSR count). The molecule has 6 heteroatoms. The minimum Gasteiger partial charge on any atom is -0.310 e. The number of halogens is 2. The SMILES string of the molecule is CCNCc1ncnn1Cc1cccc(F)c1Cl. The maximum Gasteiger partial charge on any atom is 0.142 e. The van der Waals surface area contributed by atoms with E-state index in [1.54, 1.807) is 16.8 Å². The van der Waals surface area contributed by atoms with Crippen LogP contribution in [0.5, 0.6) is 0 Å². The van der Waals surface area contributed by atoms with Crippen molar-refractivity contribution in [1.82, 2.24) is 20.1 Å². The van der Waals surface area contributed by atoms with Gasteiger partial charge in [0, 0.05) is 0 Å². The Morgan fingerprint density at radius 2 is 2.28 bits per heavy atom. The van der Waals surface area contributed by atoms with E-state index in [-0.39, 0.29) is 5.02 Å². The maximum absolute atomic E-state index is 13.3. The van der Waals surface area contributed by atoms with Gasteiger partial charge in [-0.2, -0.15) is 5.10 Å². The Hall–Kier alpha value is -1.46. The number of rotatable bonds is 5. The third kappa shape index (κ3) is 2.86. The monoisotopic (exact) mass is 268 g/mol. The van der Waals surface area contributed by atoms with E-state index < -0.39 is 5.82 Å². The van der Waals surface area contributed by atoms with Gasteiger partial charge in [-0.3, -0.25) is 0 Å². The van der Waals surface area contributed by atoms with Crippen LogP contribution in [0, 0.1) is 5.82 Å². The highest BCUT2D eigenvalue weighted by Gasteiger charge is 2.09. The Balaban J connectivity index is 2.18. The Labute approximate surface area is 110 Å². The number of nitrogens with one attached hydrogen (secondary N) is 1. The molecule has 0 aliphatic heterocycles. The molecule has 0 saturated carbocycles. The largest absolute Gasteiger partial charge is 0.310 e. The first kappa shape index (κ1) is 13.0. The summed E-state index contributed by atoms with van der Waals surface area (Å²) in [6.07, 6.45) is 1.49. The van der Waals surface area contributed by atoms with Gasteiger partial charge in [-0.05, 0) is 18.2 Å². The molecule has 2 aromatic rings. The summed E-state index contributed by atoms with van der Waals surface area (Å²) in [7, 11) is 0. The third-order valence-electron chi connectivity index (χ3n) is 2.58. The molecule has 0 spiro atoms. The number of nitrogens with zero attached hydrogens (tertiary/aromatic N) is 3. The van der Waals surface area contributed by atoms with Crippen LogP contribution in [-0.4, -0.2) is 21.3 Å². The van der Waals surface area contributed by atoms with E-state index >= 15 is 0 Å². The first-order valence-electron chi connectivity index (χ1n) is 5.72. The molecule has 0 bridgehead atoms. The molecule has 0 aliphatic rings. The Kier molecular flexibility index (Phi) is 4.28. The van der Waals surface area contributed by atoms with Gasteiger partial charge >= 0.3 is 0 Å². The van der Waals surface area contributed by atoms with Crippen LogP contribution in [0.3, 0.4) is 0 Å². The molecule has 1 heterocycles. The standard InChI is InChI=1S/C12H14ClFN4/c1-2-15-6-11-16-8-17-18(11)7-9-4-3-5-10(14)12(9)13/h3-5,8,15H,2,6-7H2,1H3. The lowest BCUT2D eigenvalue weighted by molar-refractivity contribution is 0.588. The summed E-state index contributed by atoms with van der Waals surface area (Å²) in [5.74, 6) is 0.389. The highest BCUT2D eigenvalue weighted by Crippen LogP contribution is 2.20. The molecule has 1 aromatic carbocycles. The van der Waals surface area contributed by atoms with Crippen LogP contribution >= 0.6 is 11.6 Å². The molecular weight excluding hydrogens is 255 g/mol. The first-order chi connectivity index (χ1) is 8.72. The van der Waals surface area contributed by atoms with Crippen LogP contribution in [0.1, 0.15) is 18.3 Å². The smallest absolute Gasteiger partial charge is 0.142 e. The van der Waals surface area contributed by atoms with Crippen molar-refractivity contribution in [2.45, 2.75) is 20.0 Å². The van der Waals surface area contributed by atoms with Crippen molar-refractivity contribution >= 4 is 11.6 Å². The molecule has 96 valence electrons. The molecule has 0 amide bonds. The van der Waals surface area contributed by atoms with Gasteiger partial charge in [0.2, 0.25) is 0 Å². The maximum atomic E-state index is 13.3. The average molecular weight is 269 g/mol. The van der Waals surface area contributed by atoms with E-state index in [1.807, 2.05) is 6.92 Å². The van der Waals surface area contributed by atoms with E-state index in [0.717, 1.165) is 12.4 Å². The van der Waals surface area contributed by atoms with Crippen molar-refractivity contribution in [2.75, 3.05) is 6.54 Å². The lowest BCUT2D eigenvalue weighted by Crippen LogP contribution is -2.17. The topological polar surface area (TPSA) is 42.7 Å². The molecule has 0 fully saturated rings. The van der Waals surface area contributed by atoms with Gasteiger partial charge in [-0.15, -0.1) is 0 Å². The van der Waals surface area contributed by atoms with E-state index in [0.29, 0.717) is 18.7 Å². The van der Waals surface area contributed by atoms with Crippen molar-refractivity contribution in [2.24, 2.45) is 0 Å². The second-order valence-electron chi connectivity index (χ2n) is 3.83. The number of hydrogen-bond acceptors (Lipinski definition) is 3. The van der Waals surface area contributed by atoms with Crippen LogP contribution in [0.4, 0.5) is 4.39 Å². The molecule has 1 aromatic heterocycles. The van der Waals surface area contributed by atoms with Crippen molar-refractivity contribution in [3.05, 3.63) is 46.8 Å². The number of benzene rings is 1. The third-order valence-corrected chi connectivity index (χ3v) is 3.00. The minimum absolute atomic E-state index is 0.141. The highest BCUT2D eigenvalue weighted by atomic mass is 35.5. The molecule has 18 heavy (non-hydrogen) atoms. The second kappa shape index (κ2) is 5.93.